The summed E-state index contributed by atoms with van der Waals surface area (Å²) >= 11 is 0. The number of nitrogens with two attached hydrogens (primary N) is 1. The van der Waals surface area contributed by atoms with Crippen LogP contribution in [-0.2, 0) is 0 Å². The minimum absolute atomic E-state index is 0.0428. The second-order valence-electron chi connectivity index (χ2n) is 7.02. The highest BCUT2D eigenvalue weighted by Crippen LogP contribution is 2.13. The molecular weight excluding hydrogens is 260 g/mol. The van der Waals surface area contributed by atoms with Crippen molar-refractivity contribution < 1.29 is 5.06 Å². The molecule has 0 spiro atoms. The van der Waals surface area contributed by atoms with Gasteiger partial charge in [-0.05, 0) is 26.7 Å². The number of unbranched alkanes of at least 4 members (excludes halogenated alkanes) is 8. The lowest BCUT2D eigenvalue weighted by Gasteiger charge is -2.17. The average Bonchev–Trinajstić information content (AvgIpc) is 2.36. The molecule has 0 fully saturated rings. The topological polar surface area (TPSA) is 53.5 Å². The average molecular weight is 303 g/mol. The van der Waals surface area contributed by atoms with Crippen molar-refractivity contribution >= 4 is 0 Å². The number of hydroxylamine groups is 2. The van der Waals surface area contributed by atoms with Gasteiger partial charge >= 0.3 is 0 Å². The van der Waals surface area contributed by atoms with E-state index in [2.05, 4.69) is 20.8 Å². The SMILES string of the molecule is CCCCCCCCCCCC(C)(C)N.CCC[NH+](C)[O-]. The Morgan fingerprint density at radius 2 is 1.24 bits per heavy atom. The highest BCUT2D eigenvalue weighted by Gasteiger charge is 2.08. The number of nitrogens with one attached hydrogen (secondary N) is 1. The van der Waals surface area contributed by atoms with Crippen LogP contribution in [0.5, 0.6) is 0 Å². The van der Waals surface area contributed by atoms with E-state index in [0.717, 1.165) is 13.0 Å². The predicted molar refractivity (Wildman–Crippen MR) is 95.5 cm³/mol. The Morgan fingerprint density at radius 1 is 0.810 bits per heavy atom. The second kappa shape index (κ2) is 16.3. The van der Waals surface area contributed by atoms with Crippen LogP contribution in [0.2, 0.25) is 0 Å². The van der Waals surface area contributed by atoms with Crippen LogP contribution in [-0.4, -0.2) is 19.1 Å². The molecule has 3 nitrogen and oxygen atoms in total. The van der Waals surface area contributed by atoms with Crippen molar-refractivity contribution in [1.82, 2.24) is 0 Å². The van der Waals surface area contributed by atoms with E-state index in [1.807, 2.05) is 6.92 Å². The van der Waals surface area contributed by atoms with Gasteiger partial charge in [-0.15, -0.1) is 0 Å². The van der Waals surface area contributed by atoms with Gasteiger partial charge in [0.15, 0.2) is 0 Å². The lowest BCUT2D eigenvalue weighted by molar-refractivity contribution is -0.825. The van der Waals surface area contributed by atoms with Crippen molar-refractivity contribution in [3.63, 3.8) is 0 Å². The van der Waals surface area contributed by atoms with Crippen molar-refractivity contribution in [2.75, 3.05) is 13.6 Å². The van der Waals surface area contributed by atoms with Crippen molar-refractivity contribution in [2.24, 2.45) is 5.73 Å². The molecule has 0 aliphatic rings. The summed E-state index contributed by atoms with van der Waals surface area (Å²) in [5, 5.41) is 10.3. The molecule has 0 radical (unpaired) electrons. The van der Waals surface area contributed by atoms with Gasteiger partial charge in [-0.3, -0.25) is 0 Å². The monoisotopic (exact) mass is 302 g/mol. The predicted octanol–water partition coefficient (Wildman–Crippen LogP) is 4.05. The van der Waals surface area contributed by atoms with Crippen molar-refractivity contribution in [3.8, 4) is 0 Å². The molecule has 0 amide bonds. The zero-order chi connectivity index (χ0) is 16.6. The lowest BCUT2D eigenvalue weighted by atomic mass is 9.97. The van der Waals surface area contributed by atoms with Gasteiger partial charge < -0.3 is 16.0 Å². The van der Waals surface area contributed by atoms with Crippen LogP contribution in [0.15, 0.2) is 0 Å². The third-order valence-corrected chi connectivity index (χ3v) is 3.53. The maximum atomic E-state index is 10.0. The van der Waals surface area contributed by atoms with E-state index < -0.39 is 0 Å². The summed E-state index contributed by atoms with van der Waals surface area (Å²) in [6.45, 7) is 9.26. The van der Waals surface area contributed by atoms with Gasteiger partial charge in [0.1, 0.15) is 0 Å². The Kier molecular flexibility index (Phi) is 17.9. The summed E-state index contributed by atoms with van der Waals surface area (Å²) in [5.74, 6) is 0. The summed E-state index contributed by atoms with van der Waals surface area (Å²) in [4.78, 5) is 0. The molecule has 130 valence electrons. The maximum absolute atomic E-state index is 10.0. The summed E-state index contributed by atoms with van der Waals surface area (Å²) in [6.07, 6.45) is 14.7. The third-order valence-electron chi connectivity index (χ3n) is 3.53. The van der Waals surface area contributed by atoms with E-state index in [-0.39, 0.29) is 10.6 Å². The lowest BCUT2D eigenvalue weighted by Crippen LogP contribution is -3.03. The Bertz CT molecular complexity index is 188. The van der Waals surface area contributed by atoms with E-state index in [9.17, 15) is 5.21 Å². The minimum Gasteiger partial charge on any atom is -0.634 e. The molecule has 0 aromatic rings. The number of hydrogen-bond acceptors (Lipinski definition) is 2. The zero-order valence-electron chi connectivity index (χ0n) is 15.5. The van der Waals surface area contributed by atoms with Crippen LogP contribution in [0.1, 0.15) is 98.3 Å². The minimum atomic E-state index is 0.0428. The fourth-order valence-corrected chi connectivity index (χ4v) is 2.24. The smallest absolute Gasteiger partial charge is 0.0763 e. The van der Waals surface area contributed by atoms with Crippen LogP contribution in [0, 0.1) is 5.21 Å². The Balaban J connectivity index is 0. The maximum Gasteiger partial charge on any atom is 0.0763 e. The van der Waals surface area contributed by atoms with Gasteiger partial charge in [0.25, 0.3) is 0 Å². The van der Waals surface area contributed by atoms with E-state index in [4.69, 9.17) is 5.73 Å². The molecule has 0 aliphatic heterocycles. The van der Waals surface area contributed by atoms with Crippen LogP contribution < -0.4 is 10.8 Å². The zero-order valence-corrected chi connectivity index (χ0v) is 15.5. The molecular formula is C18H42N2O. The van der Waals surface area contributed by atoms with Gasteiger partial charge in [0.2, 0.25) is 0 Å². The molecule has 0 heterocycles. The first kappa shape index (κ1) is 23.2. The van der Waals surface area contributed by atoms with Crippen LogP contribution >= 0.6 is 0 Å². The van der Waals surface area contributed by atoms with Crippen LogP contribution in [0.3, 0.4) is 0 Å². The van der Waals surface area contributed by atoms with Gasteiger partial charge in [-0.1, -0.05) is 71.6 Å². The highest BCUT2D eigenvalue weighted by molar-refractivity contribution is 4.70. The molecule has 0 saturated heterocycles. The fraction of sp³-hybridized carbons (Fsp3) is 1.00. The molecule has 0 aromatic heterocycles. The Morgan fingerprint density at radius 3 is 1.52 bits per heavy atom. The molecule has 0 saturated carbocycles. The molecule has 3 N–H and O–H groups in total. The third kappa shape index (κ3) is 28.7. The van der Waals surface area contributed by atoms with Gasteiger partial charge in [0, 0.05) is 5.54 Å². The number of hydrogen-bond donors (Lipinski definition) is 2. The molecule has 1 atom stereocenters. The summed E-state index contributed by atoms with van der Waals surface area (Å²) in [7, 11) is 1.61. The normalized spacial score (nSPS) is 12.7. The molecule has 0 rings (SSSR count). The largest absolute Gasteiger partial charge is 0.634 e. The second-order valence-corrected chi connectivity index (χ2v) is 7.02. The molecule has 0 aromatic carbocycles. The van der Waals surface area contributed by atoms with Crippen LogP contribution in [0.4, 0.5) is 0 Å². The summed E-state index contributed by atoms with van der Waals surface area (Å²) in [6, 6.07) is 0. The Hall–Kier alpha value is -0.120. The molecule has 0 bridgehead atoms. The molecule has 3 heteroatoms. The first-order valence-electron chi connectivity index (χ1n) is 9.11. The number of quaternary nitrogens is 1. The highest BCUT2D eigenvalue weighted by atomic mass is 16.5. The van der Waals surface area contributed by atoms with Crippen LogP contribution in [0.25, 0.3) is 0 Å². The fourth-order valence-electron chi connectivity index (χ4n) is 2.24. The van der Waals surface area contributed by atoms with Gasteiger partial charge in [0.05, 0.1) is 13.6 Å². The number of rotatable bonds is 12. The van der Waals surface area contributed by atoms with Crippen molar-refractivity contribution in [2.45, 2.75) is 104 Å². The summed E-state index contributed by atoms with van der Waals surface area (Å²) < 4.78 is 0. The van der Waals surface area contributed by atoms with Crippen molar-refractivity contribution in [3.05, 3.63) is 5.21 Å². The first-order valence-corrected chi connectivity index (χ1v) is 9.11. The van der Waals surface area contributed by atoms with E-state index in [1.54, 1.807) is 7.05 Å². The molecule has 1 unspecified atom stereocenters. The van der Waals surface area contributed by atoms with E-state index in [1.165, 1.54) is 64.2 Å². The van der Waals surface area contributed by atoms with Crippen molar-refractivity contribution in [1.29, 1.82) is 0 Å². The Labute approximate surface area is 134 Å². The molecule has 21 heavy (non-hydrogen) atoms. The van der Waals surface area contributed by atoms with E-state index >= 15 is 0 Å². The summed E-state index contributed by atoms with van der Waals surface area (Å²) in [5.41, 5.74) is 5.97. The van der Waals surface area contributed by atoms with Gasteiger partial charge in [-0.2, -0.15) is 0 Å². The molecule has 0 aliphatic carbocycles. The quantitative estimate of drug-likeness (QED) is 0.422. The van der Waals surface area contributed by atoms with Gasteiger partial charge in [-0.25, -0.2) is 0 Å². The first-order chi connectivity index (χ1) is 9.83. The van der Waals surface area contributed by atoms with E-state index in [0.29, 0.717) is 0 Å². The standard InChI is InChI=1S/C14H31N.C4H11NO/c1-4-5-6-7-8-9-10-11-12-13-14(2,3)15;1-3-4-5(2)6/h4-13,15H2,1-3H3;5H,3-4H2,1-2H3.